The average molecular weight is 236 g/mol. The lowest BCUT2D eigenvalue weighted by Crippen LogP contribution is -2.17. The van der Waals surface area contributed by atoms with E-state index in [0.717, 1.165) is 17.5 Å². The number of benzene rings is 2. The van der Waals surface area contributed by atoms with E-state index < -0.39 is 0 Å². The Bertz CT molecular complexity index is 584. The molecular weight excluding hydrogens is 220 g/mol. The van der Waals surface area contributed by atoms with Crippen molar-refractivity contribution in [3.05, 3.63) is 70.8 Å². The lowest BCUT2D eigenvalue weighted by molar-refractivity contribution is 0.0968. The SMILES string of the molecule is Cc1cccc2c1C(=O)CC[C@@H]2c1ccccc1. The van der Waals surface area contributed by atoms with Crippen molar-refractivity contribution < 1.29 is 4.79 Å². The van der Waals surface area contributed by atoms with Crippen LogP contribution in [0.5, 0.6) is 0 Å². The summed E-state index contributed by atoms with van der Waals surface area (Å²) in [5.74, 6) is 0.675. The molecule has 0 aromatic heterocycles. The van der Waals surface area contributed by atoms with Crippen LogP contribution in [0.2, 0.25) is 0 Å². The van der Waals surface area contributed by atoms with Gasteiger partial charge in [0.2, 0.25) is 0 Å². The lowest BCUT2D eigenvalue weighted by atomic mass is 9.77. The molecule has 0 bridgehead atoms. The number of ketones is 1. The monoisotopic (exact) mass is 236 g/mol. The second-order valence-corrected chi connectivity index (χ2v) is 4.96. The first-order valence-corrected chi connectivity index (χ1v) is 6.45. The predicted molar refractivity (Wildman–Crippen MR) is 73.0 cm³/mol. The van der Waals surface area contributed by atoms with E-state index in [0.29, 0.717) is 18.1 Å². The topological polar surface area (TPSA) is 17.1 Å². The van der Waals surface area contributed by atoms with Crippen LogP contribution in [0.3, 0.4) is 0 Å². The molecule has 0 fully saturated rings. The van der Waals surface area contributed by atoms with Crippen molar-refractivity contribution in [2.24, 2.45) is 0 Å². The maximum atomic E-state index is 12.1. The Morgan fingerprint density at radius 2 is 1.78 bits per heavy atom. The third-order valence-electron chi connectivity index (χ3n) is 3.82. The summed E-state index contributed by atoms with van der Waals surface area (Å²) in [6.45, 7) is 2.03. The van der Waals surface area contributed by atoms with Gasteiger partial charge in [0.05, 0.1) is 0 Å². The van der Waals surface area contributed by atoms with Crippen LogP contribution in [0.15, 0.2) is 48.5 Å². The normalized spacial score (nSPS) is 18.5. The van der Waals surface area contributed by atoms with Crippen molar-refractivity contribution in [1.29, 1.82) is 0 Å². The molecule has 0 unspecified atom stereocenters. The Kier molecular flexibility index (Phi) is 2.75. The van der Waals surface area contributed by atoms with Gasteiger partial charge in [0.15, 0.2) is 5.78 Å². The van der Waals surface area contributed by atoms with Crippen LogP contribution < -0.4 is 0 Å². The number of aryl methyl sites for hydroxylation is 1. The van der Waals surface area contributed by atoms with Crippen LogP contribution in [0.25, 0.3) is 0 Å². The molecule has 0 amide bonds. The van der Waals surface area contributed by atoms with Gasteiger partial charge in [0.25, 0.3) is 0 Å². The number of Topliss-reactive ketones (excluding diaryl/α,β-unsaturated/α-hetero) is 1. The molecular formula is C17H16O. The lowest BCUT2D eigenvalue weighted by Gasteiger charge is -2.26. The third kappa shape index (κ3) is 1.76. The summed E-state index contributed by atoms with van der Waals surface area (Å²) in [4.78, 5) is 12.1. The molecule has 1 atom stereocenters. The highest BCUT2D eigenvalue weighted by Gasteiger charge is 2.27. The number of fused-ring (bicyclic) bond motifs is 1. The summed E-state index contributed by atoms with van der Waals surface area (Å²) in [5, 5.41) is 0. The molecule has 1 nitrogen and oxygen atoms in total. The molecule has 0 N–H and O–H groups in total. The van der Waals surface area contributed by atoms with E-state index in [2.05, 4.69) is 36.4 Å². The predicted octanol–water partition coefficient (Wildman–Crippen LogP) is 4.10. The Labute approximate surface area is 107 Å². The minimum atomic E-state index is 0.301. The van der Waals surface area contributed by atoms with E-state index >= 15 is 0 Å². The van der Waals surface area contributed by atoms with Crippen molar-refractivity contribution in [3.8, 4) is 0 Å². The fourth-order valence-electron chi connectivity index (χ4n) is 2.95. The van der Waals surface area contributed by atoms with Gasteiger partial charge in [-0.1, -0.05) is 48.5 Å². The molecule has 1 aliphatic rings. The first-order valence-electron chi connectivity index (χ1n) is 6.45. The maximum absolute atomic E-state index is 12.1. The van der Waals surface area contributed by atoms with Crippen molar-refractivity contribution >= 4 is 5.78 Å². The van der Waals surface area contributed by atoms with E-state index in [1.807, 2.05) is 19.1 Å². The van der Waals surface area contributed by atoms with Gasteiger partial charge in [-0.25, -0.2) is 0 Å². The second kappa shape index (κ2) is 4.41. The molecule has 0 saturated heterocycles. The van der Waals surface area contributed by atoms with Gasteiger partial charge in [-0.3, -0.25) is 4.79 Å². The molecule has 90 valence electrons. The van der Waals surface area contributed by atoms with Crippen molar-refractivity contribution in [2.75, 3.05) is 0 Å². The highest BCUT2D eigenvalue weighted by Crippen LogP contribution is 2.37. The molecule has 0 spiro atoms. The highest BCUT2D eigenvalue weighted by molar-refractivity contribution is 6.00. The summed E-state index contributed by atoms with van der Waals surface area (Å²) in [5.41, 5.74) is 4.59. The number of hydrogen-bond acceptors (Lipinski definition) is 1. The van der Waals surface area contributed by atoms with Crippen LogP contribution in [-0.4, -0.2) is 5.78 Å². The van der Waals surface area contributed by atoms with Gasteiger partial charge in [0.1, 0.15) is 0 Å². The fourth-order valence-corrected chi connectivity index (χ4v) is 2.95. The van der Waals surface area contributed by atoms with Gasteiger partial charge in [-0.2, -0.15) is 0 Å². The minimum Gasteiger partial charge on any atom is -0.294 e. The number of rotatable bonds is 1. The van der Waals surface area contributed by atoms with Crippen molar-refractivity contribution in [3.63, 3.8) is 0 Å². The van der Waals surface area contributed by atoms with Gasteiger partial charge >= 0.3 is 0 Å². The Balaban J connectivity index is 2.15. The first kappa shape index (κ1) is 11.2. The van der Waals surface area contributed by atoms with Crippen LogP contribution >= 0.6 is 0 Å². The second-order valence-electron chi connectivity index (χ2n) is 4.96. The van der Waals surface area contributed by atoms with Crippen LogP contribution in [0.4, 0.5) is 0 Å². The molecule has 18 heavy (non-hydrogen) atoms. The van der Waals surface area contributed by atoms with Crippen LogP contribution in [0, 0.1) is 6.92 Å². The fraction of sp³-hybridized carbons (Fsp3) is 0.235. The number of carbonyl (C=O) groups excluding carboxylic acids is 1. The van der Waals surface area contributed by atoms with Crippen molar-refractivity contribution in [1.82, 2.24) is 0 Å². The zero-order valence-electron chi connectivity index (χ0n) is 10.5. The smallest absolute Gasteiger partial charge is 0.163 e. The third-order valence-corrected chi connectivity index (χ3v) is 3.82. The Morgan fingerprint density at radius 1 is 1.00 bits per heavy atom. The van der Waals surface area contributed by atoms with E-state index in [1.165, 1.54) is 11.1 Å². The molecule has 2 aromatic rings. The summed E-state index contributed by atoms with van der Waals surface area (Å²) < 4.78 is 0. The van der Waals surface area contributed by atoms with Gasteiger partial charge in [-0.05, 0) is 30.0 Å². The highest BCUT2D eigenvalue weighted by atomic mass is 16.1. The largest absolute Gasteiger partial charge is 0.294 e. The number of carbonyl (C=O) groups is 1. The minimum absolute atomic E-state index is 0.301. The first-order chi connectivity index (χ1) is 8.77. The Morgan fingerprint density at radius 3 is 2.56 bits per heavy atom. The van der Waals surface area contributed by atoms with E-state index in [1.54, 1.807) is 0 Å². The molecule has 2 aromatic carbocycles. The molecule has 0 aliphatic heterocycles. The molecule has 0 saturated carbocycles. The zero-order valence-corrected chi connectivity index (χ0v) is 10.5. The maximum Gasteiger partial charge on any atom is 0.163 e. The summed E-state index contributed by atoms with van der Waals surface area (Å²) in [6, 6.07) is 16.7. The summed E-state index contributed by atoms with van der Waals surface area (Å²) in [6.07, 6.45) is 1.59. The molecule has 0 heterocycles. The van der Waals surface area contributed by atoms with Gasteiger partial charge < -0.3 is 0 Å². The molecule has 0 radical (unpaired) electrons. The summed E-state index contributed by atoms with van der Waals surface area (Å²) >= 11 is 0. The quantitative estimate of drug-likeness (QED) is 0.728. The van der Waals surface area contributed by atoms with E-state index in [9.17, 15) is 4.79 Å². The standard InChI is InChI=1S/C17H16O/c1-12-6-5-9-15-14(10-11-16(18)17(12)15)13-7-3-2-4-8-13/h2-9,14H,10-11H2,1H3/t14-/m1/s1. The van der Waals surface area contributed by atoms with Gasteiger partial charge in [-0.15, -0.1) is 0 Å². The molecule has 3 rings (SSSR count). The van der Waals surface area contributed by atoms with E-state index in [4.69, 9.17) is 0 Å². The van der Waals surface area contributed by atoms with Crippen molar-refractivity contribution in [2.45, 2.75) is 25.7 Å². The zero-order chi connectivity index (χ0) is 12.5. The molecule has 1 heteroatoms. The molecule has 1 aliphatic carbocycles. The van der Waals surface area contributed by atoms with Crippen LogP contribution in [-0.2, 0) is 0 Å². The van der Waals surface area contributed by atoms with Gasteiger partial charge in [0, 0.05) is 17.9 Å². The number of hydrogen-bond donors (Lipinski definition) is 0. The Hall–Kier alpha value is -1.89. The van der Waals surface area contributed by atoms with E-state index in [-0.39, 0.29) is 0 Å². The van der Waals surface area contributed by atoms with Crippen LogP contribution in [0.1, 0.15) is 45.8 Å². The average Bonchev–Trinajstić information content (AvgIpc) is 2.40. The summed E-state index contributed by atoms with van der Waals surface area (Å²) in [7, 11) is 0.